The van der Waals surface area contributed by atoms with Gasteiger partial charge < -0.3 is 4.74 Å². The first-order valence-corrected chi connectivity index (χ1v) is 4.35. The Morgan fingerprint density at radius 2 is 2.33 bits per heavy atom. The van der Waals surface area contributed by atoms with Crippen LogP contribution in [0.1, 0.15) is 10.5 Å². The predicted molar refractivity (Wildman–Crippen MR) is 52.7 cm³/mol. The lowest BCUT2D eigenvalue weighted by molar-refractivity contribution is 0.0594. The molecular weight excluding hydrogens is 194 g/mol. The van der Waals surface area contributed by atoms with Gasteiger partial charge in [-0.1, -0.05) is 0 Å². The zero-order valence-corrected chi connectivity index (χ0v) is 8.12. The summed E-state index contributed by atoms with van der Waals surface area (Å²) in [6.07, 6.45) is 5.04. The van der Waals surface area contributed by atoms with E-state index in [4.69, 9.17) is 0 Å². The van der Waals surface area contributed by atoms with Crippen molar-refractivity contribution >= 4 is 5.97 Å². The van der Waals surface area contributed by atoms with Gasteiger partial charge in [0.15, 0.2) is 0 Å². The average Bonchev–Trinajstić information content (AvgIpc) is 2.82. The Kier molecular flexibility index (Phi) is 2.45. The van der Waals surface area contributed by atoms with Crippen LogP contribution in [0.4, 0.5) is 0 Å². The fourth-order valence-corrected chi connectivity index (χ4v) is 1.17. The first kappa shape index (κ1) is 9.39. The highest BCUT2D eigenvalue weighted by Crippen LogP contribution is 2.05. The van der Waals surface area contributed by atoms with Crippen LogP contribution < -0.4 is 0 Å². The van der Waals surface area contributed by atoms with Gasteiger partial charge in [-0.2, -0.15) is 5.10 Å². The molecule has 0 saturated heterocycles. The minimum Gasteiger partial charge on any atom is -0.464 e. The molecule has 0 aliphatic heterocycles. The standard InChI is InChI=1S/C10H9N3O2/c1-15-10(14)9-4-3-8(7-11-9)13-6-2-5-12-13/h2-7H,1H3. The second-order valence-electron chi connectivity index (χ2n) is 2.84. The molecule has 0 aromatic carbocycles. The molecule has 0 unspecified atom stereocenters. The summed E-state index contributed by atoms with van der Waals surface area (Å²) in [4.78, 5) is 15.1. The highest BCUT2D eigenvalue weighted by Gasteiger charge is 2.06. The van der Waals surface area contributed by atoms with Crippen molar-refractivity contribution in [2.45, 2.75) is 0 Å². The molecule has 0 saturated carbocycles. The third-order valence-electron chi connectivity index (χ3n) is 1.91. The Bertz CT molecular complexity index is 448. The number of hydrogen-bond donors (Lipinski definition) is 0. The number of hydrogen-bond acceptors (Lipinski definition) is 4. The van der Waals surface area contributed by atoms with Crippen molar-refractivity contribution in [1.29, 1.82) is 0 Å². The van der Waals surface area contributed by atoms with Crippen LogP contribution in [0.5, 0.6) is 0 Å². The molecule has 2 heterocycles. The van der Waals surface area contributed by atoms with Crippen LogP contribution in [0.25, 0.3) is 5.69 Å². The van der Waals surface area contributed by atoms with Crippen LogP contribution in [-0.2, 0) is 4.74 Å². The van der Waals surface area contributed by atoms with Gasteiger partial charge in [-0.15, -0.1) is 0 Å². The van der Waals surface area contributed by atoms with Crippen LogP contribution in [0.3, 0.4) is 0 Å². The number of ether oxygens (including phenoxy) is 1. The minimum atomic E-state index is -0.443. The quantitative estimate of drug-likeness (QED) is 0.684. The molecule has 5 nitrogen and oxygen atoms in total. The predicted octanol–water partition coefficient (Wildman–Crippen LogP) is 1.05. The van der Waals surface area contributed by atoms with Gasteiger partial charge in [0, 0.05) is 12.4 Å². The number of esters is 1. The second-order valence-corrected chi connectivity index (χ2v) is 2.84. The fraction of sp³-hybridized carbons (Fsp3) is 0.100. The molecule has 0 bridgehead atoms. The van der Waals surface area contributed by atoms with Gasteiger partial charge in [0.25, 0.3) is 0 Å². The molecule has 0 radical (unpaired) electrons. The van der Waals surface area contributed by atoms with Crippen molar-refractivity contribution in [1.82, 2.24) is 14.8 Å². The number of aromatic nitrogens is 3. The van der Waals surface area contributed by atoms with Crippen molar-refractivity contribution < 1.29 is 9.53 Å². The molecule has 0 atom stereocenters. The highest BCUT2D eigenvalue weighted by molar-refractivity contribution is 5.87. The molecule has 2 aromatic heterocycles. The molecular formula is C10H9N3O2. The van der Waals surface area contributed by atoms with Gasteiger partial charge in [-0.25, -0.2) is 14.5 Å². The van der Waals surface area contributed by atoms with E-state index in [9.17, 15) is 4.79 Å². The molecule has 2 rings (SSSR count). The molecule has 76 valence electrons. The van der Waals surface area contributed by atoms with E-state index < -0.39 is 5.97 Å². The van der Waals surface area contributed by atoms with E-state index in [-0.39, 0.29) is 5.69 Å². The van der Waals surface area contributed by atoms with Gasteiger partial charge in [-0.3, -0.25) is 0 Å². The normalized spacial score (nSPS) is 9.93. The summed E-state index contributed by atoms with van der Waals surface area (Å²) in [6, 6.07) is 5.17. The molecule has 0 N–H and O–H groups in total. The number of pyridine rings is 1. The average molecular weight is 203 g/mol. The zero-order valence-electron chi connectivity index (χ0n) is 8.12. The SMILES string of the molecule is COC(=O)c1ccc(-n2cccn2)cn1. The van der Waals surface area contributed by atoms with E-state index in [0.29, 0.717) is 0 Å². The van der Waals surface area contributed by atoms with Gasteiger partial charge in [0.1, 0.15) is 5.69 Å². The first-order chi connectivity index (χ1) is 7.31. The number of nitrogens with zero attached hydrogens (tertiary/aromatic N) is 3. The molecule has 0 amide bonds. The van der Waals surface area contributed by atoms with E-state index in [0.717, 1.165) is 5.69 Å². The summed E-state index contributed by atoms with van der Waals surface area (Å²) >= 11 is 0. The van der Waals surface area contributed by atoms with Gasteiger partial charge >= 0.3 is 5.97 Å². The van der Waals surface area contributed by atoms with Gasteiger partial charge in [0.2, 0.25) is 0 Å². The molecule has 15 heavy (non-hydrogen) atoms. The lowest BCUT2D eigenvalue weighted by Gasteiger charge is -2.01. The summed E-state index contributed by atoms with van der Waals surface area (Å²) in [6.45, 7) is 0. The van der Waals surface area contributed by atoms with E-state index >= 15 is 0 Å². The molecule has 5 heteroatoms. The monoisotopic (exact) mass is 203 g/mol. The Morgan fingerprint density at radius 1 is 1.47 bits per heavy atom. The number of carbonyl (C=O) groups excluding carboxylic acids is 1. The molecule has 0 fully saturated rings. The first-order valence-electron chi connectivity index (χ1n) is 4.35. The van der Waals surface area contributed by atoms with Crippen LogP contribution in [0, 0.1) is 0 Å². The Balaban J connectivity index is 2.29. The maximum atomic E-state index is 11.1. The highest BCUT2D eigenvalue weighted by atomic mass is 16.5. The topological polar surface area (TPSA) is 57.0 Å². The van der Waals surface area contributed by atoms with Crippen molar-refractivity contribution in [3.63, 3.8) is 0 Å². The second kappa shape index (κ2) is 3.91. The van der Waals surface area contributed by atoms with Crippen LogP contribution in [0.2, 0.25) is 0 Å². The number of rotatable bonds is 2. The maximum absolute atomic E-state index is 11.1. The molecule has 0 aliphatic carbocycles. The van der Waals surface area contributed by atoms with Crippen molar-refractivity contribution in [3.05, 3.63) is 42.5 Å². The van der Waals surface area contributed by atoms with E-state index in [2.05, 4.69) is 14.8 Å². The summed E-state index contributed by atoms with van der Waals surface area (Å²) < 4.78 is 6.20. The van der Waals surface area contributed by atoms with Gasteiger partial charge in [0.05, 0.1) is 19.0 Å². The lowest BCUT2D eigenvalue weighted by Crippen LogP contribution is -2.05. The van der Waals surface area contributed by atoms with Crippen molar-refractivity contribution in [3.8, 4) is 5.69 Å². The minimum absolute atomic E-state index is 0.286. The number of methoxy groups -OCH3 is 1. The number of carbonyl (C=O) groups is 1. The van der Waals surface area contributed by atoms with Crippen LogP contribution in [-0.4, -0.2) is 27.8 Å². The Labute approximate surface area is 86.3 Å². The summed E-state index contributed by atoms with van der Waals surface area (Å²) in [5.74, 6) is -0.443. The van der Waals surface area contributed by atoms with Crippen LogP contribution in [0.15, 0.2) is 36.8 Å². The molecule has 0 spiro atoms. The molecule has 0 aliphatic rings. The fourth-order valence-electron chi connectivity index (χ4n) is 1.17. The largest absolute Gasteiger partial charge is 0.464 e. The lowest BCUT2D eigenvalue weighted by atomic mass is 10.3. The van der Waals surface area contributed by atoms with Gasteiger partial charge in [-0.05, 0) is 18.2 Å². The van der Waals surface area contributed by atoms with Crippen LogP contribution >= 0.6 is 0 Å². The zero-order chi connectivity index (χ0) is 10.7. The van der Waals surface area contributed by atoms with Crippen molar-refractivity contribution in [2.24, 2.45) is 0 Å². The Morgan fingerprint density at radius 3 is 2.87 bits per heavy atom. The van der Waals surface area contributed by atoms with Crippen molar-refractivity contribution in [2.75, 3.05) is 7.11 Å². The summed E-state index contributed by atoms with van der Waals surface area (Å²) in [5, 5.41) is 4.04. The summed E-state index contributed by atoms with van der Waals surface area (Å²) in [5.41, 5.74) is 1.08. The third kappa shape index (κ3) is 1.85. The Hall–Kier alpha value is -2.17. The smallest absolute Gasteiger partial charge is 0.356 e. The van der Waals surface area contributed by atoms with E-state index in [1.54, 1.807) is 35.4 Å². The molecule has 2 aromatic rings. The third-order valence-corrected chi connectivity index (χ3v) is 1.91. The summed E-state index contributed by atoms with van der Waals surface area (Å²) in [7, 11) is 1.32. The van der Waals surface area contributed by atoms with E-state index in [1.165, 1.54) is 7.11 Å². The van der Waals surface area contributed by atoms with E-state index in [1.807, 2.05) is 6.07 Å². The maximum Gasteiger partial charge on any atom is 0.356 e.